The van der Waals surface area contributed by atoms with Gasteiger partial charge in [0.25, 0.3) is 5.91 Å². The maximum absolute atomic E-state index is 12.7. The van der Waals surface area contributed by atoms with Crippen LogP contribution in [0.4, 0.5) is 5.95 Å². The SMILES string of the molecule is CC1CN(CCCNc2ncc(Cl)c(-c3cc4c(C(=O)NC5CC5)cccc4s3)n2)CC(C)N1C. The van der Waals surface area contributed by atoms with E-state index in [1.165, 1.54) is 0 Å². The minimum absolute atomic E-state index is 0.0114. The first-order valence-corrected chi connectivity index (χ1v) is 13.6. The molecule has 2 atom stereocenters. The first-order chi connectivity index (χ1) is 16.9. The summed E-state index contributed by atoms with van der Waals surface area (Å²) in [6.07, 6.45) is 4.81. The summed E-state index contributed by atoms with van der Waals surface area (Å²) in [6, 6.07) is 9.35. The van der Waals surface area contributed by atoms with Crippen LogP contribution in [0.1, 0.15) is 43.5 Å². The summed E-state index contributed by atoms with van der Waals surface area (Å²) in [7, 11) is 2.21. The Balaban J connectivity index is 1.25. The van der Waals surface area contributed by atoms with Gasteiger partial charge in [-0.3, -0.25) is 9.69 Å². The number of halogens is 1. The molecule has 2 aliphatic rings. The van der Waals surface area contributed by atoms with E-state index in [4.69, 9.17) is 16.6 Å². The molecule has 2 unspecified atom stereocenters. The molecule has 186 valence electrons. The second kappa shape index (κ2) is 10.4. The zero-order valence-corrected chi connectivity index (χ0v) is 22.1. The van der Waals surface area contributed by atoms with Crippen molar-refractivity contribution < 1.29 is 4.79 Å². The van der Waals surface area contributed by atoms with Gasteiger partial charge in [-0.2, -0.15) is 0 Å². The Labute approximate surface area is 215 Å². The molecule has 3 aromatic rings. The number of amides is 1. The highest BCUT2D eigenvalue weighted by Crippen LogP contribution is 2.37. The molecule has 0 radical (unpaired) electrons. The number of nitrogens with zero attached hydrogens (tertiary/aromatic N) is 4. The quantitative estimate of drug-likeness (QED) is 0.425. The van der Waals surface area contributed by atoms with Gasteiger partial charge in [-0.15, -0.1) is 11.3 Å². The highest BCUT2D eigenvalue weighted by Gasteiger charge is 2.26. The van der Waals surface area contributed by atoms with Crippen molar-refractivity contribution in [3.05, 3.63) is 41.0 Å². The van der Waals surface area contributed by atoms with Crippen LogP contribution in [0.15, 0.2) is 30.5 Å². The number of likely N-dealkylation sites (N-methyl/N-ethyl adjacent to an activating group) is 1. The Morgan fingerprint density at radius 1 is 1.23 bits per heavy atom. The summed E-state index contributed by atoms with van der Waals surface area (Å²) in [5.74, 6) is 0.566. The number of rotatable bonds is 8. The van der Waals surface area contributed by atoms with E-state index in [0.717, 1.165) is 60.4 Å². The van der Waals surface area contributed by atoms with Crippen LogP contribution in [0.3, 0.4) is 0 Å². The number of carbonyl (C=O) groups excluding carboxylic acids is 1. The van der Waals surface area contributed by atoms with E-state index < -0.39 is 0 Å². The predicted molar refractivity (Wildman–Crippen MR) is 145 cm³/mol. The van der Waals surface area contributed by atoms with E-state index in [0.29, 0.717) is 40.4 Å². The highest BCUT2D eigenvalue weighted by molar-refractivity contribution is 7.22. The van der Waals surface area contributed by atoms with Crippen molar-refractivity contribution in [2.24, 2.45) is 0 Å². The van der Waals surface area contributed by atoms with Gasteiger partial charge in [0, 0.05) is 53.4 Å². The second-order valence-corrected chi connectivity index (χ2v) is 11.4. The molecule has 35 heavy (non-hydrogen) atoms. The van der Waals surface area contributed by atoms with Crippen molar-refractivity contribution >= 4 is 44.9 Å². The summed E-state index contributed by atoms with van der Waals surface area (Å²) in [5, 5.41) is 7.90. The molecule has 1 aliphatic heterocycles. The van der Waals surface area contributed by atoms with Crippen molar-refractivity contribution in [1.29, 1.82) is 0 Å². The number of thiophene rings is 1. The van der Waals surface area contributed by atoms with Gasteiger partial charge in [-0.05, 0) is 64.9 Å². The Hall–Kier alpha value is -2.26. The van der Waals surface area contributed by atoms with Gasteiger partial charge < -0.3 is 15.5 Å². The molecule has 3 heterocycles. The van der Waals surface area contributed by atoms with Crippen molar-refractivity contribution in [2.75, 3.05) is 38.5 Å². The normalized spacial score (nSPS) is 21.4. The number of aromatic nitrogens is 2. The third-order valence-corrected chi connectivity index (χ3v) is 8.45. The third kappa shape index (κ3) is 5.61. The molecule has 2 fully saturated rings. The highest BCUT2D eigenvalue weighted by atomic mass is 35.5. The van der Waals surface area contributed by atoms with E-state index in [2.05, 4.69) is 46.3 Å². The lowest BCUT2D eigenvalue weighted by Gasteiger charge is -2.42. The van der Waals surface area contributed by atoms with Crippen molar-refractivity contribution in [3.63, 3.8) is 0 Å². The Morgan fingerprint density at radius 2 is 2.00 bits per heavy atom. The van der Waals surface area contributed by atoms with Crippen LogP contribution < -0.4 is 10.6 Å². The molecular weight excluding hydrogens is 480 g/mol. The molecule has 1 amide bonds. The fourth-order valence-corrected chi connectivity index (χ4v) is 6.03. The van der Waals surface area contributed by atoms with E-state index >= 15 is 0 Å². The fourth-order valence-electron chi connectivity index (χ4n) is 4.69. The van der Waals surface area contributed by atoms with Crippen molar-refractivity contribution in [3.8, 4) is 10.6 Å². The largest absolute Gasteiger partial charge is 0.354 e. The number of anilines is 1. The second-order valence-electron chi connectivity index (χ2n) is 9.87. The van der Waals surface area contributed by atoms with Crippen LogP contribution in [-0.2, 0) is 0 Å². The monoisotopic (exact) mass is 512 g/mol. The summed E-state index contributed by atoms with van der Waals surface area (Å²) in [4.78, 5) is 27.8. The number of piperazine rings is 1. The fraction of sp³-hybridized carbons (Fsp3) is 0.500. The van der Waals surface area contributed by atoms with Crippen LogP contribution in [0.2, 0.25) is 5.02 Å². The number of benzene rings is 1. The number of fused-ring (bicyclic) bond motifs is 1. The first-order valence-electron chi connectivity index (χ1n) is 12.4. The number of nitrogens with one attached hydrogen (secondary N) is 2. The van der Waals surface area contributed by atoms with Gasteiger partial charge >= 0.3 is 0 Å². The standard InChI is InChI=1S/C26H33ClN6OS/c1-16-14-33(15-17(2)32(16)3)11-5-10-28-26-29-13-21(27)24(31-26)23-12-20-19(6-4-7-22(20)35-23)25(34)30-18-8-9-18/h4,6-7,12-13,16-18H,5,8-11,14-15H2,1-3H3,(H,30,34)(H,28,29,31). The van der Waals surface area contributed by atoms with Crippen LogP contribution in [-0.4, -0.2) is 77.0 Å². The summed E-state index contributed by atoms with van der Waals surface area (Å²) < 4.78 is 1.04. The molecule has 5 rings (SSSR count). The zero-order valence-electron chi connectivity index (χ0n) is 20.6. The van der Waals surface area contributed by atoms with Gasteiger partial charge in [0.05, 0.1) is 16.1 Å². The molecular formula is C26H33ClN6OS. The van der Waals surface area contributed by atoms with Crippen LogP contribution in [0, 0.1) is 0 Å². The topological polar surface area (TPSA) is 73.4 Å². The minimum atomic E-state index is -0.0114. The Morgan fingerprint density at radius 3 is 2.74 bits per heavy atom. The van der Waals surface area contributed by atoms with Gasteiger partial charge in [-0.1, -0.05) is 17.7 Å². The molecule has 0 spiro atoms. The van der Waals surface area contributed by atoms with Crippen molar-refractivity contribution in [2.45, 2.75) is 51.2 Å². The maximum Gasteiger partial charge on any atom is 0.252 e. The maximum atomic E-state index is 12.7. The van der Waals surface area contributed by atoms with E-state index in [1.807, 2.05) is 24.3 Å². The molecule has 0 bridgehead atoms. The molecule has 2 N–H and O–H groups in total. The van der Waals surface area contributed by atoms with Gasteiger partial charge in [0.2, 0.25) is 5.95 Å². The molecule has 7 nitrogen and oxygen atoms in total. The lowest BCUT2D eigenvalue weighted by Crippen LogP contribution is -2.55. The third-order valence-electron chi connectivity index (χ3n) is 7.07. The average Bonchev–Trinajstić information content (AvgIpc) is 3.54. The first kappa shape index (κ1) is 24.4. The van der Waals surface area contributed by atoms with Gasteiger partial charge in [0.1, 0.15) is 5.69 Å². The summed E-state index contributed by atoms with van der Waals surface area (Å²) >= 11 is 8.10. The van der Waals surface area contributed by atoms with Gasteiger partial charge in [-0.25, -0.2) is 9.97 Å². The lowest BCUT2D eigenvalue weighted by atomic mass is 10.1. The number of hydrogen-bond donors (Lipinski definition) is 2. The number of hydrogen-bond acceptors (Lipinski definition) is 7. The molecule has 1 saturated heterocycles. The predicted octanol–water partition coefficient (Wildman–Crippen LogP) is 4.73. The van der Waals surface area contributed by atoms with Crippen molar-refractivity contribution in [1.82, 2.24) is 25.1 Å². The molecule has 9 heteroatoms. The lowest BCUT2D eigenvalue weighted by molar-refractivity contribution is 0.0600. The Kier molecular flexibility index (Phi) is 7.25. The zero-order chi connectivity index (χ0) is 24.5. The van der Waals surface area contributed by atoms with Crippen LogP contribution >= 0.6 is 22.9 Å². The molecule has 1 saturated carbocycles. The molecule has 2 aromatic heterocycles. The number of carbonyl (C=O) groups is 1. The van der Waals surface area contributed by atoms with Gasteiger partial charge in [0.15, 0.2) is 0 Å². The summed E-state index contributed by atoms with van der Waals surface area (Å²) in [6.45, 7) is 8.65. The average molecular weight is 513 g/mol. The molecule has 1 aromatic carbocycles. The van der Waals surface area contributed by atoms with E-state index in [9.17, 15) is 4.79 Å². The smallest absolute Gasteiger partial charge is 0.252 e. The van der Waals surface area contributed by atoms with E-state index in [1.54, 1.807) is 17.5 Å². The molecule has 1 aliphatic carbocycles. The summed E-state index contributed by atoms with van der Waals surface area (Å²) in [5.41, 5.74) is 1.40. The van der Waals surface area contributed by atoms with Crippen LogP contribution in [0.25, 0.3) is 20.7 Å². The van der Waals surface area contributed by atoms with E-state index in [-0.39, 0.29) is 5.91 Å². The minimum Gasteiger partial charge on any atom is -0.354 e. The Bertz CT molecular complexity index is 1200. The van der Waals surface area contributed by atoms with Crippen LogP contribution in [0.5, 0.6) is 0 Å².